The maximum absolute atomic E-state index is 11.1. The zero-order valence-corrected chi connectivity index (χ0v) is 9.01. The fraction of sp³-hybridized carbons (Fsp3) is 0.167. The Morgan fingerprint density at radius 3 is 3.18 bits per heavy atom. The standard InChI is InChI=1S/C12H11N3O2/c16-12-5-11(13-7-14-12)15-9-6-17-10-4-2-1-3-8(9)10/h1-5,7,9H,6H2,(H2,13,14,15,16). The van der Waals surface area contributed by atoms with Crippen LogP contribution in [0, 0.1) is 0 Å². The molecular weight excluding hydrogens is 218 g/mol. The molecule has 0 amide bonds. The Morgan fingerprint density at radius 1 is 1.41 bits per heavy atom. The van der Waals surface area contributed by atoms with Crippen LogP contribution in [0.4, 0.5) is 5.82 Å². The maximum Gasteiger partial charge on any atom is 0.252 e. The number of H-pyrrole nitrogens is 1. The second-order valence-electron chi connectivity index (χ2n) is 3.84. The van der Waals surface area contributed by atoms with E-state index in [1.165, 1.54) is 12.4 Å². The highest BCUT2D eigenvalue weighted by Gasteiger charge is 2.23. The number of hydrogen-bond donors (Lipinski definition) is 2. The van der Waals surface area contributed by atoms with Crippen molar-refractivity contribution < 1.29 is 4.74 Å². The third kappa shape index (κ3) is 1.87. The first-order valence-electron chi connectivity index (χ1n) is 5.36. The third-order valence-electron chi connectivity index (χ3n) is 2.70. The van der Waals surface area contributed by atoms with Gasteiger partial charge in [-0.1, -0.05) is 18.2 Å². The molecule has 2 aromatic rings. The summed E-state index contributed by atoms with van der Waals surface area (Å²) in [6, 6.07) is 9.32. The fourth-order valence-electron chi connectivity index (χ4n) is 1.91. The molecule has 1 aromatic carbocycles. The number of para-hydroxylation sites is 1. The van der Waals surface area contributed by atoms with Crippen LogP contribution < -0.4 is 15.6 Å². The summed E-state index contributed by atoms with van der Waals surface area (Å²) in [6.07, 6.45) is 1.38. The van der Waals surface area contributed by atoms with Gasteiger partial charge in [0.25, 0.3) is 5.56 Å². The van der Waals surface area contributed by atoms with Crippen LogP contribution in [0.3, 0.4) is 0 Å². The van der Waals surface area contributed by atoms with E-state index in [-0.39, 0.29) is 11.6 Å². The van der Waals surface area contributed by atoms with E-state index in [0.717, 1.165) is 11.3 Å². The number of aromatic amines is 1. The minimum Gasteiger partial charge on any atom is -0.491 e. The predicted molar refractivity (Wildman–Crippen MR) is 63.2 cm³/mol. The van der Waals surface area contributed by atoms with Crippen molar-refractivity contribution in [2.45, 2.75) is 6.04 Å². The summed E-state index contributed by atoms with van der Waals surface area (Å²) in [7, 11) is 0. The average molecular weight is 229 g/mol. The van der Waals surface area contributed by atoms with Crippen molar-refractivity contribution in [1.29, 1.82) is 0 Å². The number of fused-ring (bicyclic) bond motifs is 1. The van der Waals surface area contributed by atoms with Gasteiger partial charge in [-0.25, -0.2) is 4.98 Å². The van der Waals surface area contributed by atoms with E-state index in [2.05, 4.69) is 15.3 Å². The first kappa shape index (κ1) is 9.89. The summed E-state index contributed by atoms with van der Waals surface area (Å²) in [5.74, 6) is 1.44. The molecule has 86 valence electrons. The highest BCUT2D eigenvalue weighted by atomic mass is 16.5. The highest BCUT2D eigenvalue weighted by molar-refractivity contribution is 5.45. The van der Waals surface area contributed by atoms with Crippen LogP contribution in [0.1, 0.15) is 11.6 Å². The van der Waals surface area contributed by atoms with Gasteiger partial charge in [-0.2, -0.15) is 0 Å². The number of aromatic nitrogens is 2. The van der Waals surface area contributed by atoms with Crippen molar-refractivity contribution in [3.05, 3.63) is 52.6 Å². The van der Waals surface area contributed by atoms with Gasteiger partial charge in [0.05, 0.1) is 12.4 Å². The number of benzene rings is 1. The largest absolute Gasteiger partial charge is 0.491 e. The van der Waals surface area contributed by atoms with E-state index < -0.39 is 0 Å². The van der Waals surface area contributed by atoms with Gasteiger partial charge in [-0.15, -0.1) is 0 Å². The molecule has 2 N–H and O–H groups in total. The van der Waals surface area contributed by atoms with E-state index in [1.54, 1.807) is 0 Å². The SMILES string of the molecule is O=c1cc(NC2COc3ccccc32)nc[nH]1. The molecule has 1 aliphatic heterocycles. The summed E-state index contributed by atoms with van der Waals surface area (Å²) in [6.45, 7) is 0.549. The summed E-state index contributed by atoms with van der Waals surface area (Å²) in [5, 5.41) is 3.18. The van der Waals surface area contributed by atoms with Crippen LogP contribution in [-0.4, -0.2) is 16.6 Å². The Bertz CT molecular complexity index is 594. The van der Waals surface area contributed by atoms with E-state index >= 15 is 0 Å². The molecule has 5 nitrogen and oxygen atoms in total. The molecule has 2 heterocycles. The Hall–Kier alpha value is -2.30. The van der Waals surface area contributed by atoms with Crippen LogP contribution in [0.2, 0.25) is 0 Å². The summed E-state index contributed by atoms with van der Waals surface area (Å²) in [4.78, 5) is 17.7. The molecule has 17 heavy (non-hydrogen) atoms. The number of hydrogen-bond acceptors (Lipinski definition) is 4. The van der Waals surface area contributed by atoms with Gasteiger partial charge in [0, 0.05) is 11.6 Å². The van der Waals surface area contributed by atoms with Crippen LogP contribution in [0.15, 0.2) is 41.5 Å². The van der Waals surface area contributed by atoms with Gasteiger partial charge >= 0.3 is 0 Å². The molecule has 0 fully saturated rings. The number of anilines is 1. The molecule has 5 heteroatoms. The lowest BCUT2D eigenvalue weighted by Gasteiger charge is -2.11. The number of nitrogens with zero attached hydrogens (tertiary/aromatic N) is 1. The average Bonchev–Trinajstić information content (AvgIpc) is 2.73. The zero-order valence-electron chi connectivity index (χ0n) is 9.01. The quantitative estimate of drug-likeness (QED) is 0.815. The molecule has 1 unspecified atom stereocenters. The van der Waals surface area contributed by atoms with Crippen molar-refractivity contribution >= 4 is 5.82 Å². The first-order valence-corrected chi connectivity index (χ1v) is 5.36. The molecule has 1 atom stereocenters. The molecular formula is C12H11N3O2. The van der Waals surface area contributed by atoms with Crippen molar-refractivity contribution in [2.24, 2.45) is 0 Å². The number of ether oxygens (including phenoxy) is 1. The Labute approximate surface area is 97.5 Å². The van der Waals surface area contributed by atoms with Gasteiger partial charge < -0.3 is 15.0 Å². The topological polar surface area (TPSA) is 67.0 Å². The minimum absolute atomic E-state index is 0.0421. The fourth-order valence-corrected chi connectivity index (χ4v) is 1.91. The Kier molecular flexibility index (Phi) is 2.29. The van der Waals surface area contributed by atoms with E-state index in [9.17, 15) is 4.79 Å². The van der Waals surface area contributed by atoms with Crippen LogP contribution in [0.5, 0.6) is 5.75 Å². The molecule has 0 radical (unpaired) electrons. The second kappa shape index (κ2) is 3.93. The molecule has 3 rings (SSSR count). The molecule has 1 aromatic heterocycles. The van der Waals surface area contributed by atoms with E-state index in [4.69, 9.17) is 4.74 Å². The zero-order chi connectivity index (χ0) is 11.7. The summed E-state index contributed by atoms with van der Waals surface area (Å²) in [5.41, 5.74) is 0.921. The lowest BCUT2D eigenvalue weighted by atomic mass is 10.1. The van der Waals surface area contributed by atoms with Gasteiger partial charge in [-0.05, 0) is 6.07 Å². The van der Waals surface area contributed by atoms with Gasteiger partial charge in [0.1, 0.15) is 18.2 Å². The Balaban J connectivity index is 1.86. The number of nitrogens with one attached hydrogen (secondary N) is 2. The van der Waals surface area contributed by atoms with Crippen LogP contribution in [0.25, 0.3) is 0 Å². The van der Waals surface area contributed by atoms with Gasteiger partial charge in [-0.3, -0.25) is 4.79 Å². The summed E-state index contributed by atoms with van der Waals surface area (Å²) < 4.78 is 5.54. The van der Waals surface area contributed by atoms with Crippen molar-refractivity contribution in [1.82, 2.24) is 9.97 Å². The van der Waals surface area contributed by atoms with Crippen LogP contribution >= 0.6 is 0 Å². The Morgan fingerprint density at radius 2 is 2.29 bits per heavy atom. The molecule has 0 spiro atoms. The van der Waals surface area contributed by atoms with E-state index in [0.29, 0.717) is 12.4 Å². The lowest BCUT2D eigenvalue weighted by Crippen LogP contribution is -2.15. The second-order valence-corrected chi connectivity index (χ2v) is 3.84. The minimum atomic E-state index is -0.172. The normalized spacial score (nSPS) is 17.3. The van der Waals surface area contributed by atoms with Crippen LogP contribution in [-0.2, 0) is 0 Å². The van der Waals surface area contributed by atoms with E-state index in [1.807, 2.05) is 24.3 Å². The smallest absolute Gasteiger partial charge is 0.252 e. The molecule has 0 saturated heterocycles. The summed E-state index contributed by atoms with van der Waals surface area (Å²) >= 11 is 0. The lowest BCUT2D eigenvalue weighted by molar-refractivity contribution is 0.339. The number of rotatable bonds is 2. The van der Waals surface area contributed by atoms with Crippen molar-refractivity contribution in [3.63, 3.8) is 0 Å². The van der Waals surface area contributed by atoms with Gasteiger partial charge in [0.15, 0.2) is 0 Å². The molecule has 0 bridgehead atoms. The monoisotopic (exact) mass is 229 g/mol. The highest BCUT2D eigenvalue weighted by Crippen LogP contribution is 2.33. The first-order chi connectivity index (χ1) is 8.33. The third-order valence-corrected chi connectivity index (χ3v) is 2.70. The predicted octanol–water partition coefficient (Wildman–Crippen LogP) is 1.32. The molecule has 0 aliphatic carbocycles. The van der Waals surface area contributed by atoms with Crippen molar-refractivity contribution in [2.75, 3.05) is 11.9 Å². The molecule has 1 aliphatic rings. The van der Waals surface area contributed by atoms with Crippen molar-refractivity contribution in [3.8, 4) is 5.75 Å². The maximum atomic E-state index is 11.1. The van der Waals surface area contributed by atoms with Gasteiger partial charge in [0.2, 0.25) is 0 Å². The molecule has 0 saturated carbocycles.